The summed E-state index contributed by atoms with van der Waals surface area (Å²) >= 11 is 12.0. The number of benzene rings is 1. The number of rotatable bonds is 8. The number of aliphatic hydroxyl groups is 1. The van der Waals surface area contributed by atoms with Crippen molar-refractivity contribution in [2.45, 2.75) is 32.2 Å². The van der Waals surface area contributed by atoms with E-state index in [1.165, 1.54) is 0 Å². The van der Waals surface area contributed by atoms with Gasteiger partial charge in [-0.05, 0) is 31.0 Å². The zero-order chi connectivity index (χ0) is 12.5. The third kappa shape index (κ3) is 5.73. The van der Waals surface area contributed by atoms with E-state index in [9.17, 15) is 0 Å². The zero-order valence-corrected chi connectivity index (χ0v) is 11.4. The van der Waals surface area contributed by atoms with Gasteiger partial charge in [0.25, 0.3) is 0 Å². The molecule has 0 heterocycles. The molecule has 0 bridgehead atoms. The summed E-state index contributed by atoms with van der Waals surface area (Å²) in [4.78, 5) is 0. The van der Waals surface area contributed by atoms with Crippen molar-refractivity contribution in [1.82, 2.24) is 5.32 Å². The lowest BCUT2D eigenvalue weighted by atomic mass is 10.2. The topological polar surface area (TPSA) is 32.3 Å². The van der Waals surface area contributed by atoms with E-state index in [0.29, 0.717) is 16.7 Å². The van der Waals surface area contributed by atoms with Crippen molar-refractivity contribution in [3.63, 3.8) is 0 Å². The van der Waals surface area contributed by atoms with Crippen molar-refractivity contribution in [1.29, 1.82) is 0 Å². The molecule has 0 saturated heterocycles. The predicted octanol–water partition coefficient (Wildman–Crippen LogP) is 3.64. The van der Waals surface area contributed by atoms with Crippen molar-refractivity contribution >= 4 is 23.2 Å². The number of aliphatic hydroxyl groups excluding tert-OH is 1. The lowest BCUT2D eigenvalue weighted by Crippen LogP contribution is -2.15. The zero-order valence-electron chi connectivity index (χ0n) is 9.88. The summed E-state index contributed by atoms with van der Waals surface area (Å²) in [6.45, 7) is 2.01. The second-order valence-electron chi connectivity index (χ2n) is 4.03. The molecule has 0 aliphatic rings. The third-order valence-corrected chi connectivity index (χ3v) is 3.47. The summed E-state index contributed by atoms with van der Waals surface area (Å²) < 4.78 is 0. The highest BCUT2D eigenvalue weighted by atomic mass is 35.5. The first-order valence-corrected chi connectivity index (χ1v) is 6.75. The summed E-state index contributed by atoms with van der Waals surface area (Å²) in [5.74, 6) is 0. The van der Waals surface area contributed by atoms with Crippen LogP contribution in [0.1, 0.15) is 31.2 Å². The van der Waals surface area contributed by atoms with Crippen LogP contribution in [-0.4, -0.2) is 18.3 Å². The summed E-state index contributed by atoms with van der Waals surface area (Å²) in [5.41, 5.74) is 1.04. The van der Waals surface area contributed by atoms with Gasteiger partial charge in [-0.15, -0.1) is 0 Å². The first-order valence-electron chi connectivity index (χ1n) is 6.00. The second kappa shape index (κ2) is 8.76. The molecule has 0 unspecified atom stereocenters. The largest absolute Gasteiger partial charge is 0.396 e. The van der Waals surface area contributed by atoms with E-state index in [1.807, 2.05) is 12.1 Å². The van der Waals surface area contributed by atoms with Crippen LogP contribution in [0.4, 0.5) is 0 Å². The molecule has 4 heteroatoms. The first-order chi connectivity index (χ1) is 8.25. The number of hydrogen-bond donors (Lipinski definition) is 2. The molecule has 1 aromatic carbocycles. The summed E-state index contributed by atoms with van der Waals surface area (Å²) in [6.07, 6.45) is 4.27. The molecule has 1 rings (SSSR count). The van der Waals surface area contributed by atoms with Crippen molar-refractivity contribution in [3.05, 3.63) is 33.8 Å². The fourth-order valence-electron chi connectivity index (χ4n) is 1.62. The van der Waals surface area contributed by atoms with Crippen LogP contribution in [0.15, 0.2) is 18.2 Å². The van der Waals surface area contributed by atoms with Gasteiger partial charge in [-0.1, -0.05) is 48.2 Å². The molecule has 0 fully saturated rings. The van der Waals surface area contributed by atoms with Crippen LogP contribution in [0.2, 0.25) is 10.0 Å². The van der Waals surface area contributed by atoms with Gasteiger partial charge in [-0.25, -0.2) is 0 Å². The van der Waals surface area contributed by atoms with Gasteiger partial charge >= 0.3 is 0 Å². The number of nitrogens with one attached hydrogen (secondary N) is 1. The normalized spacial score (nSPS) is 10.8. The Labute approximate surface area is 113 Å². The van der Waals surface area contributed by atoms with E-state index in [0.717, 1.165) is 44.3 Å². The van der Waals surface area contributed by atoms with Crippen LogP contribution in [-0.2, 0) is 6.54 Å². The molecule has 2 nitrogen and oxygen atoms in total. The quantitative estimate of drug-likeness (QED) is 0.710. The van der Waals surface area contributed by atoms with Crippen LogP contribution >= 0.6 is 23.2 Å². The molecule has 2 N–H and O–H groups in total. The van der Waals surface area contributed by atoms with E-state index in [-0.39, 0.29) is 0 Å². The number of unbranched alkanes of at least 4 members (excludes halogenated alkanes) is 3. The van der Waals surface area contributed by atoms with E-state index in [2.05, 4.69) is 5.32 Å². The van der Waals surface area contributed by atoms with Crippen LogP contribution in [0, 0.1) is 0 Å². The average molecular weight is 276 g/mol. The van der Waals surface area contributed by atoms with Crippen LogP contribution < -0.4 is 5.32 Å². The van der Waals surface area contributed by atoms with Gasteiger partial charge in [0, 0.05) is 13.2 Å². The Morgan fingerprint density at radius 2 is 1.82 bits per heavy atom. The fraction of sp³-hybridized carbons (Fsp3) is 0.538. The van der Waals surface area contributed by atoms with Crippen molar-refractivity contribution in [2.75, 3.05) is 13.2 Å². The maximum Gasteiger partial charge on any atom is 0.0637 e. The van der Waals surface area contributed by atoms with Crippen molar-refractivity contribution < 1.29 is 5.11 Å². The minimum absolute atomic E-state index is 0.297. The summed E-state index contributed by atoms with van der Waals surface area (Å²) in [6, 6.07) is 5.68. The number of halogens is 2. The molecule has 0 radical (unpaired) electrons. The molecular weight excluding hydrogens is 257 g/mol. The first kappa shape index (κ1) is 14.8. The highest BCUT2D eigenvalue weighted by molar-refractivity contribution is 6.42. The third-order valence-electron chi connectivity index (χ3n) is 2.61. The monoisotopic (exact) mass is 275 g/mol. The molecule has 0 aliphatic carbocycles. The van der Waals surface area contributed by atoms with Gasteiger partial charge in [0.2, 0.25) is 0 Å². The highest BCUT2D eigenvalue weighted by Crippen LogP contribution is 2.25. The Morgan fingerprint density at radius 3 is 2.59 bits per heavy atom. The van der Waals surface area contributed by atoms with Crippen molar-refractivity contribution in [2.24, 2.45) is 0 Å². The Morgan fingerprint density at radius 1 is 1.06 bits per heavy atom. The summed E-state index contributed by atoms with van der Waals surface area (Å²) in [7, 11) is 0. The van der Waals surface area contributed by atoms with Crippen LogP contribution in [0.25, 0.3) is 0 Å². The second-order valence-corrected chi connectivity index (χ2v) is 4.81. The summed E-state index contributed by atoms with van der Waals surface area (Å²) in [5, 5.41) is 13.2. The van der Waals surface area contributed by atoms with E-state index in [1.54, 1.807) is 6.07 Å². The molecular formula is C13H19Cl2NO. The Kier molecular flexibility index (Phi) is 7.62. The maximum absolute atomic E-state index is 8.63. The molecule has 1 aromatic rings. The molecule has 17 heavy (non-hydrogen) atoms. The molecule has 0 aromatic heterocycles. The van der Waals surface area contributed by atoms with Crippen LogP contribution in [0.3, 0.4) is 0 Å². The van der Waals surface area contributed by atoms with Crippen molar-refractivity contribution in [3.8, 4) is 0 Å². The van der Waals surface area contributed by atoms with Gasteiger partial charge < -0.3 is 10.4 Å². The van der Waals surface area contributed by atoms with Crippen LogP contribution in [0.5, 0.6) is 0 Å². The molecule has 0 amide bonds. The molecule has 0 aliphatic heterocycles. The average Bonchev–Trinajstić information content (AvgIpc) is 2.33. The van der Waals surface area contributed by atoms with Gasteiger partial charge in [-0.3, -0.25) is 0 Å². The standard InChI is InChI=1S/C13H19Cl2NO/c14-12-7-5-6-11(13(12)15)10-16-8-3-1-2-4-9-17/h5-7,16-17H,1-4,8-10H2. The van der Waals surface area contributed by atoms with E-state index < -0.39 is 0 Å². The maximum atomic E-state index is 8.63. The highest BCUT2D eigenvalue weighted by Gasteiger charge is 2.02. The Bertz CT molecular complexity index is 331. The van der Waals surface area contributed by atoms with Gasteiger partial charge in [0.1, 0.15) is 0 Å². The minimum atomic E-state index is 0.297. The molecule has 96 valence electrons. The minimum Gasteiger partial charge on any atom is -0.396 e. The predicted molar refractivity (Wildman–Crippen MR) is 73.7 cm³/mol. The molecule has 0 spiro atoms. The SMILES string of the molecule is OCCCCCCNCc1cccc(Cl)c1Cl. The molecule has 0 atom stereocenters. The van der Waals surface area contributed by atoms with Gasteiger partial charge in [0.05, 0.1) is 10.0 Å². The number of hydrogen-bond acceptors (Lipinski definition) is 2. The smallest absolute Gasteiger partial charge is 0.0637 e. The Balaban J connectivity index is 2.16. The fourth-order valence-corrected chi connectivity index (χ4v) is 2.01. The lowest BCUT2D eigenvalue weighted by molar-refractivity contribution is 0.282. The van der Waals surface area contributed by atoms with Gasteiger partial charge in [-0.2, -0.15) is 0 Å². The molecule has 0 saturated carbocycles. The van der Waals surface area contributed by atoms with E-state index >= 15 is 0 Å². The van der Waals surface area contributed by atoms with Gasteiger partial charge in [0.15, 0.2) is 0 Å². The lowest BCUT2D eigenvalue weighted by Gasteiger charge is -2.07. The Hall–Kier alpha value is -0.280. The van der Waals surface area contributed by atoms with E-state index in [4.69, 9.17) is 28.3 Å².